The van der Waals surface area contributed by atoms with Gasteiger partial charge < -0.3 is 20.5 Å². The summed E-state index contributed by atoms with van der Waals surface area (Å²) in [5.74, 6) is 0.941. The highest BCUT2D eigenvalue weighted by atomic mass is 16.5. The van der Waals surface area contributed by atoms with E-state index in [1.54, 1.807) is 25.3 Å². The van der Waals surface area contributed by atoms with E-state index in [0.717, 1.165) is 12.2 Å². The third kappa shape index (κ3) is 8.24. The van der Waals surface area contributed by atoms with Crippen molar-refractivity contribution in [3.05, 3.63) is 29.8 Å². The number of carbonyl (C=O) groups is 2. The smallest absolute Gasteiger partial charge is 0.315 e. The summed E-state index contributed by atoms with van der Waals surface area (Å²) in [7, 11) is 0. The van der Waals surface area contributed by atoms with E-state index >= 15 is 0 Å². The van der Waals surface area contributed by atoms with Gasteiger partial charge in [-0.1, -0.05) is 37.3 Å². The molecule has 1 saturated carbocycles. The number of hydrogen-bond acceptors (Lipinski definition) is 5. The Kier molecular flexibility index (Phi) is 8.03. The van der Waals surface area contributed by atoms with Gasteiger partial charge in [-0.3, -0.25) is 9.89 Å². The molecule has 0 atom stereocenters. The first kappa shape index (κ1) is 21.5. The van der Waals surface area contributed by atoms with Gasteiger partial charge in [0, 0.05) is 18.7 Å². The monoisotopic (exact) mass is 390 g/mol. The number of aromatic nitrogens is 3. The molecule has 1 saturated heterocycles. The number of aryl methyl sites for hydroxylation is 1. The standard InChI is InChI=1S/C9H10N4O2.C5H10N2O.C5H10/c1-6-4-7(15-13-6)5-9(14)11-8-2-3-10-12-8;1-5(2)3-6-4(8)7-5;1-2-4-5-3-1/h2-4H,5H2,1H3,(H2,10,11,12,14);3H2,1-2H3,(H2,6,7,8);1-5H2. The van der Waals surface area contributed by atoms with E-state index in [9.17, 15) is 9.59 Å². The molecular weight excluding hydrogens is 360 g/mol. The van der Waals surface area contributed by atoms with Gasteiger partial charge in [0.05, 0.1) is 23.9 Å². The van der Waals surface area contributed by atoms with E-state index in [-0.39, 0.29) is 23.9 Å². The second-order valence-electron chi connectivity index (χ2n) is 7.59. The van der Waals surface area contributed by atoms with Crippen LogP contribution in [0.2, 0.25) is 0 Å². The molecule has 28 heavy (non-hydrogen) atoms. The Bertz CT molecular complexity index is 727. The average molecular weight is 390 g/mol. The molecule has 1 aliphatic carbocycles. The first-order valence-electron chi connectivity index (χ1n) is 9.61. The Balaban J connectivity index is 0.000000179. The predicted octanol–water partition coefficient (Wildman–Crippen LogP) is 2.92. The van der Waals surface area contributed by atoms with Crippen LogP contribution >= 0.6 is 0 Å². The number of nitrogens with one attached hydrogen (secondary N) is 4. The molecule has 154 valence electrons. The molecule has 4 N–H and O–H groups in total. The van der Waals surface area contributed by atoms with E-state index in [2.05, 4.69) is 31.3 Å². The summed E-state index contributed by atoms with van der Waals surface area (Å²) in [6.07, 6.45) is 9.23. The van der Waals surface area contributed by atoms with Crippen LogP contribution in [0.3, 0.4) is 0 Å². The minimum absolute atomic E-state index is 0.0446. The van der Waals surface area contributed by atoms with Crippen LogP contribution in [0.15, 0.2) is 22.9 Å². The number of amides is 3. The molecule has 1 aliphatic heterocycles. The Morgan fingerprint density at radius 3 is 2.32 bits per heavy atom. The highest BCUT2D eigenvalue weighted by molar-refractivity contribution is 5.90. The number of carbonyl (C=O) groups excluding carboxylic acids is 2. The predicted molar refractivity (Wildman–Crippen MR) is 106 cm³/mol. The fourth-order valence-corrected chi connectivity index (χ4v) is 2.76. The number of rotatable bonds is 3. The highest BCUT2D eigenvalue weighted by Gasteiger charge is 2.26. The molecule has 3 amide bonds. The van der Waals surface area contributed by atoms with Crippen LogP contribution in [0, 0.1) is 6.92 Å². The maximum Gasteiger partial charge on any atom is 0.315 e. The van der Waals surface area contributed by atoms with Crippen LogP contribution in [0.1, 0.15) is 57.4 Å². The van der Waals surface area contributed by atoms with Crippen LogP contribution < -0.4 is 16.0 Å². The molecule has 0 spiro atoms. The molecule has 0 radical (unpaired) electrons. The van der Waals surface area contributed by atoms with Crippen LogP contribution in [0.4, 0.5) is 10.6 Å². The molecule has 0 unspecified atom stereocenters. The molecule has 3 heterocycles. The number of anilines is 1. The third-order valence-corrected chi connectivity index (χ3v) is 4.18. The zero-order valence-electron chi connectivity index (χ0n) is 16.8. The SMILES string of the molecule is C1CCCC1.CC1(C)CNC(=O)N1.Cc1cc(CC(=O)Nc2ccn[nH]2)on1. The zero-order valence-corrected chi connectivity index (χ0v) is 16.8. The van der Waals surface area contributed by atoms with E-state index in [4.69, 9.17) is 4.52 Å². The van der Waals surface area contributed by atoms with Gasteiger partial charge in [-0.25, -0.2) is 4.79 Å². The minimum Gasteiger partial charge on any atom is -0.361 e. The normalized spacial score (nSPS) is 16.8. The van der Waals surface area contributed by atoms with Crippen LogP contribution in [-0.2, 0) is 11.2 Å². The summed E-state index contributed by atoms with van der Waals surface area (Å²) < 4.78 is 4.92. The second-order valence-corrected chi connectivity index (χ2v) is 7.59. The lowest BCUT2D eigenvalue weighted by Crippen LogP contribution is -2.36. The zero-order chi connectivity index (χ0) is 20.4. The van der Waals surface area contributed by atoms with Gasteiger partial charge in [-0.15, -0.1) is 0 Å². The molecule has 4 rings (SSSR count). The summed E-state index contributed by atoms with van der Waals surface area (Å²) in [6.45, 7) is 6.49. The maximum atomic E-state index is 11.4. The van der Waals surface area contributed by atoms with Gasteiger partial charge in [0.1, 0.15) is 11.6 Å². The summed E-state index contributed by atoms with van der Waals surface area (Å²) in [6, 6.07) is 3.34. The topological polar surface area (TPSA) is 125 Å². The van der Waals surface area contributed by atoms with Crippen molar-refractivity contribution in [2.45, 2.75) is 64.8 Å². The third-order valence-electron chi connectivity index (χ3n) is 4.18. The number of hydrogen-bond donors (Lipinski definition) is 4. The van der Waals surface area contributed by atoms with E-state index in [1.165, 1.54) is 32.1 Å². The van der Waals surface area contributed by atoms with Crippen molar-refractivity contribution in [2.75, 3.05) is 11.9 Å². The van der Waals surface area contributed by atoms with Crippen LogP contribution in [-0.4, -0.2) is 39.4 Å². The summed E-state index contributed by atoms with van der Waals surface area (Å²) >= 11 is 0. The van der Waals surface area contributed by atoms with Crippen LogP contribution in [0.5, 0.6) is 0 Å². The van der Waals surface area contributed by atoms with Crippen molar-refractivity contribution in [2.24, 2.45) is 0 Å². The lowest BCUT2D eigenvalue weighted by atomic mass is 10.1. The molecule has 2 aromatic rings. The Morgan fingerprint density at radius 2 is 1.93 bits per heavy atom. The Morgan fingerprint density at radius 1 is 1.25 bits per heavy atom. The summed E-state index contributed by atoms with van der Waals surface area (Å²) in [5.41, 5.74) is 0.719. The lowest BCUT2D eigenvalue weighted by molar-refractivity contribution is -0.115. The quantitative estimate of drug-likeness (QED) is 0.641. The maximum absolute atomic E-state index is 11.4. The Hall–Kier alpha value is -2.84. The van der Waals surface area contributed by atoms with Gasteiger partial charge >= 0.3 is 6.03 Å². The fourth-order valence-electron chi connectivity index (χ4n) is 2.76. The van der Waals surface area contributed by atoms with Crippen molar-refractivity contribution in [3.8, 4) is 0 Å². The van der Waals surface area contributed by atoms with Gasteiger partial charge in [-0.2, -0.15) is 5.10 Å². The van der Waals surface area contributed by atoms with Gasteiger partial charge in [-0.05, 0) is 20.8 Å². The van der Waals surface area contributed by atoms with Crippen LogP contribution in [0.25, 0.3) is 0 Å². The van der Waals surface area contributed by atoms with Crippen molar-refractivity contribution in [3.63, 3.8) is 0 Å². The van der Waals surface area contributed by atoms with Gasteiger partial charge in [0.15, 0.2) is 0 Å². The molecule has 0 aromatic carbocycles. The second kappa shape index (κ2) is 10.5. The summed E-state index contributed by atoms with van der Waals surface area (Å²) in [4.78, 5) is 21.9. The summed E-state index contributed by atoms with van der Waals surface area (Å²) in [5, 5.41) is 18.1. The van der Waals surface area contributed by atoms with Gasteiger partial charge in [0.25, 0.3) is 0 Å². The largest absolute Gasteiger partial charge is 0.361 e. The molecule has 9 nitrogen and oxygen atoms in total. The molecule has 2 fully saturated rings. The highest BCUT2D eigenvalue weighted by Crippen LogP contribution is 2.15. The van der Waals surface area contributed by atoms with Crippen molar-refractivity contribution in [1.29, 1.82) is 0 Å². The molecule has 2 aliphatic rings. The molecule has 2 aromatic heterocycles. The van der Waals surface area contributed by atoms with Crippen molar-refractivity contribution < 1.29 is 14.1 Å². The van der Waals surface area contributed by atoms with E-state index < -0.39 is 0 Å². The number of urea groups is 1. The number of aromatic amines is 1. The van der Waals surface area contributed by atoms with Crippen molar-refractivity contribution >= 4 is 17.8 Å². The number of H-pyrrole nitrogens is 1. The Labute approximate surface area is 165 Å². The van der Waals surface area contributed by atoms with Crippen molar-refractivity contribution in [1.82, 2.24) is 26.0 Å². The van der Waals surface area contributed by atoms with E-state index in [0.29, 0.717) is 11.6 Å². The van der Waals surface area contributed by atoms with E-state index in [1.807, 2.05) is 13.8 Å². The average Bonchev–Trinajstić information content (AvgIpc) is 3.39. The molecule has 9 heteroatoms. The van der Waals surface area contributed by atoms with Gasteiger partial charge in [0.2, 0.25) is 5.91 Å². The number of nitrogens with zero attached hydrogens (tertiary/aromatic N) is 2. The molecular formula is C19H30N6O3. The first-order chi connectivity index (χ1) is 13.3. The minimum atomic E-state index is -0.171. The fraction of sp³-hybridized carbons (Fsp3) is 0.579. The first-order valence-corrected chi connectivity index (χ1v) is 9.61. The molecule has 0 bridgehead atoms. The lowest BCUT2D eigenvalue weighted by Gasteiger charge is -2.13.